The Kier molecular flexibility index (Phi) is 8.15. The monoisotopic (exact) mass is 532 g/mol. The SMILES string of the molecule is COc1cc(OC)c(Cl)c(COc2cnc(Nc3c(Cl)cc(Cl)cc3OC(N)=O)nc2)c1Cl. The van der Waals surface area contributed by atoms with Gasteiger partial charge in [-0.15, -0.1) is 0 Å². The first-order chi connectivity index (χ1) is 15.7. The van der Waals surface area contributed by atoms with E-state index in [-0.39, 0.29) is 34.0 Å². The highest BCUT2D eigenvalue weighted by molar-refractivity contribution is 6.38. The van der Waals surface area contributed by atoms with Gasteiger partial charge in [-0.25, -0.2) is 14.8 Å². The summed E-state index contributed by atoms with van der Waals surface area (Å²) < 4.78 is 21.1. The van der Waals surface area contributed by atoms with Crippen LogP contribution < -0.4 is 30.0 Å². The fraction of sp³-hybridized carbons (Fsp3) is 0.150. The predicted molar refractivity (Wildman–Crippen MR) is 126 cm³/mol. The summed E-state index contributed by atoms with van der Waals surface area (Å²) in [6, 6.07) is 4.40. The number of carbonyl (C=O) groups is 1. The third-order valence-corrected chi connectivity index (χ3v) is 5.49. The summed E-state index contributed by atoms with van der Waals surface area (Å²) in [5.74, 6) is 1.26. The Hall–Kier alpha value is -2.85. The fourth-order valence-corrected chi connectivity index (χ4v) is 3.78. The number of anilines is 2. The number of amides is 1. The van der Waals surface area contributed by atoms with E-state index in [1.807, 2.05) is 0 Å². The van der Waals surface area contributed by atoms with Gasteiger partial charge in [0.2, 0.25) is 5.95 Å². The van der Waals surface area contributed by atoms with Crippen molar-refractivity contribution in [2.75, 3.05) is 19.5 Å². The summed E-state index contributed by atoms with van der Waals surface area (Å²) in [5, 5.41) is 3.85. The predicted octanol–water partition coefficient (Wildman–Crippen LogP) is 5.89. The molecule has 1 amide bonds. The first-order valence-electron chi connectivity index (χ1n) is 9.00. The van der Waals surface area contributed by atoms with Crippen LogP contribution in [-0.2, 0) is 6.61 Å². The van der Waals surface area contributed by atoms with Gasteiger partial charge < -0.3 is 30.0 Å². The summed E-state index contributed by atoms with van der Waals surface area (Å²) >= 11 is 24.8. The molecule has 0 aliphatic rings. The number of nitrogens with zero attached hydrogens (tertiary/aromatic N) is 2. The Morgan fingerprint density at radius 2 is 1.58 bits per heavy atom. The number of hydrogen-bond acceptors (Lipinski definition) is 8. The van der Waals surface area contributed by atoms with E-state index in [1.54, 1.807) is 6.07 Å². The minimum Gasteiger partial charge on any atom is -0.495 e. The van der Waals surface area contributed by atoms with Gasteiger partial charge in [0.25, 0.3) is 0 Å². The number of ether oxygens (including phenoxy) is 4. The Morgan fingerprint density at radius 1 is 0.970 bits per heavy atom. The molecular weight excluding hydrogens is 518 g/mol. The number of nitrogens with two attached hydrogens (primary N) is 1. The Labute approximate surface area is 208 Å². The van der Waals surface area contributed by atoms with E-state index in [4.69, 9.17) is 71.1 Å². The average Bonchev–Trinajstić information content (AvgIpc) is 2.77. The molecule has 0 atom stereocenters. The molecule has 13 heteroatoms. The van der Waals surface area contributed by atoms with Gasteiger partial charge in [0, 0.05) is 22.7 Å². The second-order valence-electron chi connectivity index (χ2n) is 6.23. The molecular formula is C20H16Cl4N4O5. The lowest BCUT2D eigenvalue weighted by Gasteiger charge is -2.15. The van der Waals surface area contributed by atoms with Crippen LogP contribution in [0.5, 0.6) is 23.0 Å². The molecule has 174 valence electrons. The van der Waals surface area contributed by atoms with Crippen LogP contribution in [0.1, 0.15) is 5.56 Å². The van der Waals surface area contributed by atoms with Crippen molar-refractivity contribution in [1.82, 2.24) is 9.97 Å². The van der Waals surface area contributed by atoms with E-state index in [9.17, 15) is 4.79 Å². The average molecular weight is 534 g/mol. The van der Waals surface area contributed by atoms with Crippen molar-refractivity contribution in [2.45, 2.75) is 6.61 Å². The molecule has 9 nitrogen and oxygen atoms in total. The minimum atomic E-state index is -1.03. The normalized spacial score (nSPS) is 10.5. The molecule has 0 aliphatic carbocycles. The molecule has 33 heavy (non-hydrogen) atoms. The first kappa shape index (κ1) is 24.8. The van der Waals surface area contributed by atoms with E-state index in [2.05, 4.69) is 15.3 Å². The van der Waals surface area contributed by atoms with Crippen molar-refractivity contribution in [1.29, 1.82) is 0 Å². The molecule has 1 aromatic heterocycles. The number of hydrogen-bond donors (Lipinski definition) is 2. The number of methoxy groups -OCH3 is 2. The molecule has 3 aromatic rings. The van der Waals surface area contributed by atoms with Gasteiger partial charge in [0.05, 0.1) is 41.7 Å². The van der Waals surface area contributed by atoms with Gasteiger partial charge in [0.15, 0.2) is 11.5 Å². The van der Waals surface area contributed by atoms with Crippen molar-refractivity contribution < 1.29 is 23.7 Å². The molecule has 2 aromatic carbocycles. The van der Waals surface area contributed by atoms with E-state index in [0.717, 1.165) is 0 Å². The molecule has 0 aliphatic heterocycles. The van der Waals surface area contributed by atoms with Crippen molar-refractivity contribution in [3.8, 4) is 23.0 Å². The second-order valence-corrected chi connectivity index (χ2v) is 7.83. The lowest BCUT2D eigenvalue weighted by atomic mass is 10.2. The van der Waals surface area contributed by atoms with Crippen molar-refractivity contribution in [3.05, 3.63) is 56.2 Å². The summed E-state index contributed by atoms with van der Waals surface area (Å²) in [6.07, 6.45) is 1.78. The number of primary amides is 1. The number of nitrogens with one attached hydrogen (secondary N) is 1. The molecule has 3 rings (SSSR count). The zero-order valence-electron chi connectivity index (χ0n) is 17.1. The number of halogens is 4. The highest BCUT2D eigenvalue weighted by Crippen LogP contribution is 2.41. The van der Waals surface area contributed by atoms with Crippen molar-refractivity contribution in [2.24, 2.45) is 5.73 Å². The van der Waals surface area contributed by atoms with Crippen LogP contribution in [0.3, 0.4) is 0 Å². The van der Waals surface area contributed by atoms with Gasteiger partial charge in [-0.05, 0) is 6.07 Å². The molecule has 0 saturated heterocycles. The summed E-state index contributed by atoms with van der Waals surface area (Å²) in [4.78, 5) is 19.5. The number of benzene rings is 2. The summed E-state index contributed by atoms with van der Waals surface area (Å²) in [6.45, 7) is 0.000966. The molecule has 3 N–H and O–H groups in total. The summed E-state index contributed by atoms with van der Waals surface area (Å²) in [7, 11) is 2.96. The van der Waals surface area contributed by atoms with Crippen LogP contribution in [0.25, 0.3) is 0 Å². The Bertz CT molecular complexity index is 1150. The van der Waals surface area contributed by atoms with Gasteiger partial charge in [-0.2, -0.15) is 0 Å². The topological polar surface area (TPSA) is 118 Å². The van der Waals surface area contributed by atoms with Crippen LogP contribution >= 0.6 is 46.4 Å². The van der Waals surface area contributed by atoms with Crippen molar-refractivity contribution in [3.63, 3.8) is 0 Å². The molecule has 0 saturated carbocycles. The minimum absolute atomic E-state index is 0.000966. The quantitative estimate of drug-likeness (QED) is 0.368. The van der Waals surface area contributed by atoms with E-state index >= 15 is 0 Å². The Balaban J connectivity index is 1.77. The van der Waals surface area contributed by atoms with Crippen LogP contribution in [0.2, 0.25) is 20.1 Å². The maximum absolute atomic E-state index is 11.2. The second kappa shape index (κ2) is 10.8. The number of carbonyl (C=O) groups excluding carboxylic acids is 1. The van der Waals surface area contributed by atoms with Crippen LogP contribution in [0.4, 0.5) is 16.4 Å². The molecule has 0 bridgehead atoms. The standard InChI is InChI=1S/C20H16Cl4N4O5/c1-30-13-5-14(31-2)17(24)11(16(13)23)8-32-10-6-26-20(27-7-10)28-18-12(22)3-9(21)4-15(18)33-19(25)29/h3-7H,8H2,1-2H3,(H2,25,29)(H,26,27,28). The van der Waals surface area contributed by atoms with Crippen molar-refractivity contribution >= 4 is 64.1 Å². The first-order valence-corrected chi connectivity index (χ1v) is 10.5. The molecule has 1 heterocycles. The maximum Gasteiger partial charge on any atom is 0.410 e. The third-order valence-electron chi connectivity index (χ3n) is 4.14. The van der Waals surface area contributed by atoms with E-state index in [0.29, 0.717) is 32.9 Å². The van der Waals surface area contributed by atoms with Gasteiger partial charge in [0.1, 0.15) is 23.8 Å². The molecule has 0 unspecified atom stereocenters. The summed E-state index contributed by atoms with van der Waals surface area (Å²) in [5.41, 5.74) is 5.76. The van der Waals surface area contributed by atoms with E-state index < -0.39 is 6.09 Å². The van der Waals surface area contributed by atoms with Gasteiger partial charge >= 0.3 is 6.09 Å². The molecule has 0 radical (unpaired) electrons. The maximum atomic E-state index is 11.2. The van der Waals surface area contributed by atoms with Gasteiger partial charge in [-0.1, -0.05) is 46.4 Å². The van der Waals surface area contributed by atoms with Gasteiger partial charge in [-0.3, -0.25) is 0 Å². The molecule has 0 spiro atoms. The third kappa shape index (κ3) is 5.94. The largest absolute Gasteiger partial charge is 0.495 e. The zero-order chi connectivity index (χ0) is 24.1. The highest BCUT2D eigenvalue weighted by atomic mass is 35.5. The van der Waals surface area contributed by atoms with E-state index in [1.165, 1.54) is 38.7 Å². The van der Waals surface area contributed by atoms with Crippen LogP contribution in [0, 0.1) is 0 Å². The smallest absolute Gasteiger partial charge is 0.410 e. The number of rotatable bonds is 8. The van der Waals surface area contributed by atoms with Crippen LogP contribution in [0.15, 0.2) is 30.6 Å². The Morgan fingerprint density at radius 3 is 2.12 bits per heavy atom. The lowest BCUT2D eigenvalue weighted by Crippen LogP contribution is -2.17. The highest BCUT2D eigenvalue weighted by Gasteiger charge is 2.18. The zero-order valence-corrected chi connectivity index (χ0v) is 20.1. The number of aromatic nitrogens is 2. The fourth-order valence-electron chi connectivity index (χ4n) is 2.65. The lowest BCUT2D eigenvalue weighted by molar-refractivity contribution is 0.211. The van der Waals surface area contributed by atoms with Crippen LogP contribution in [-0.4, -0.2) is 30.3 Å². The molecule has 0 fully saturated rings.